The van der Waals surface area contributed by atoms with Crippen molar-refractivity contribution in [3.63, 3.8) is 0 Å². The van der Waals surface area contributed by atoms with Crippen molar-refractivity contribution in [1.82, 2.24) is 47.9 Å². The molecule has 0 aromatic carbocycles. The molecule has 0 aliphatic heterocycles. The molecule has 0 fully saturated rings. The van der Waals surface area contributed by atoms with Crippen LogP contribution in [-0.2, 0) is 52.7 Å². The molecule has 10 amide bonds. The van der Waals surface area contributed by atoms with E-state index in [1.807, 2.05) is 6.92 Å². The number of amides is 10. The molecule has 0 radical (unpaired) electrons. The molecule has 24 nitrogen and oxygen atoms in total. The number of primary amides is 1. The van der Waals surface area contributed by atoms with E-state index in [9.17, 15) is 63.0 Å². The van der Waals surface area contributed by atoms with Crippen LogP contribution in [0.5, 0.6) is 0 Å². The number of aliphatic hydroxyl groups is 2. The Bertz CT molecular complexity index is 1650. The first-order chi connectivity index (χ1) is 30.3. The first-order valence-corrected chi connectivity index (χ1v) is 22.7. The molecule has 25 heteroatoms. The van der Waals surface area contributed by atoms with Gasteiger partial charge in [0.25, 0.3) is 0 Å². The van der Waals surface area contributed by atoms with Gasteiger partial charge in [0.15, 0.2) is 0 Å². The average molecular weight is 946 g/mol. The maximum atomic E-state index is 13.7. The summed E-state index contributed by atoms with van der Waals surface area (Å²) >= 11 is 1.33. The second kappa shape index (κ2) is 30.7. The Balaban J connectivity index is 5.83. The summed E-state index contributed by atoms with van der Waals surface area (Å²) in [5.41, 5.74) is 10.9. The van der Waals surface area contributed by atoms with E-state index in [4.69, 9.17) is 11.5 Å². The minimum Gasteiger partial charge on any atom is -0.394 e. The fourth-order valence-electron chi connectivity index (χ4n) is 5.63. The van der Waals surface area contributed by atoms with E-state index in [1.54, 1.807) is 27.0 Å². The molecular weight excluding hydrogens is 875 g/mol. The first-order valence-electron chi connectivity index (χ1n) is 21.3. The number of rotatable bonds is 31. The minimum absolute atomic E-state index is 0.0377. The lowest BCUT2D eigenvalue weighted by Gasteiger charge is -2.27. The van der Waals surface area contributed by atoms with Crippen LogP contribution < -0.4 is 59.3 Å². The van der Waals surface area contributed by atoms with Gasteiger partial charge >= 0.3 is 0 Å². The molecule has 11 unspecified atom stereocenters. The largest absolute Gasteiger partial charge is 0.394 e. The molecule has 0 aliphatic rings. The summed E-state index contributed by atoms with van der Waals surface area (Å²) in [5, 5.41) is 41.7. The highest BCUT2D eigenvalue weighted by Crippen LogP contribution is 2.10. The Hall–Kier alpha value is -5.40. The van der Waals surface area contributed by atoms with Gasteiger partial charge in [0, 0.05) is 6.42 Å². The Morgan fingerprint density at radius 3 is 1.63 bits per heavy atom. The molecule has 0 spiro atoms. The predicted molar refractivity (Wildman–Crippen MR) is 239 cm³/mol. The molecule has 0 heterocycles. The molecular formula is C40H71N11O13S. The Labute approximate surface area is 383 Å². The van der Waals surface area contributed by atoms with Crippen LogP contribution in [0.2, 0.25) is 0 Å². The van der Waals surface area contributed by atoms with Crippen molar-refractivity contribution in [3.05, 3.63) is 0 Å². The molecule has 0 aliphatic carbocycles. The number of carbonyl (C=O) groups excluding carboxylic acids is 11. The summed E-state index contributed by atoms with van der Waals surface area (Å²) in [6.45, 7) is 10.8. The Kier molecular flexibility index (Phi) is 28.1. The van der Waals surface area contributed by atoms with E-state index >= 15 is 0 Å². The van der Waals surface area contributed by atoms with Crippen LogP contribution in [0.3, 0.4) is 0 Å². The second-order valence-electron chi connectivity index (χ2n) is 16.2. The van der Waals surface area contributed by atoms with Gasteiger partial charge < -0.3 is 74.3 Å². The SMILES string of the molecule is CCC(C)C(C=O)NC(=O)C(C)NC(=O)C(NC(=O)C(C)NC(=O)CNC(=O)C(CCSC)NC(=O)C(CCC(N)=O)NC(=O)C(CC(C)C)NC(=O)C(CO)NC(=O)C(C)N)C(C)O. The summed E-state index contributed by atoms with van der Waals surface area (Å²) in [6.07, 6.45) is 0.863. The summed E-state index contributed by atoms with van der Waals surface area (Å²) < 4.78 is 0. The zero-order chi connectivity index (χ0) is 50.1. The van der Waals surface area contributed by atoms with Crippen LogP contribution in [0.15, 0.2) is 0 Å². The van der Waals surface area contributed by atoms with Gasteiger partial charge in [0.2, 0.25) is 59.1 Å². The monoisotopic (exact) mass is 945 g/mol. The second-order valence-corrected chi connectivity index (χ2v) is 17.1. The number of hydrogen-bond donors (Lipinski definition) is 13. The molecule has 0 aromatic rings. The average Bonchev–Trinajstić information content (AvgIpc) is 3.23. The minimum atomic E-state index is -1.57. The van der Waals surface area contributed by atoms with E-state index in [-0.39, 0.29) is 37.5 Å². The highest BCUT2D eigenvalue weighted by molar-refractivity contribution is 7.98. The standard InChI is InChI=1S/C40H71N11O13S/c1-10-20(4)28(17-52)49-34(58)23(7)45-40(64)32(24(8)54)51-35(59)22(6)44-31(56)16-43-36(60)26(13-14-65-9)47-37(61)25(11-12-30(42)55)46-38(62)27(15-19(2)3)48-39(63)29(18-53)50-33(57)21(5)41/h17,19-29,32,53-54H,10-16,18,41H2,1-9H3,(H2,42,55)(H,43,60)(H,44,56)(H,45,64)(H,46,62)(H,47,61)(H,48,63)(H,49,58)(H,50,57)(H,51,59). The summed E-state index contributed by atoms with van der Waals surface area (Å²) in [7, 11) is 0. The normalized spacial score (nSPS) is 16.1. The van der Waals surface area contributed by atoms with Crippen molar-refractivity contribution in [2.45, 2.75) is 148 Å². The van der Waals surface area contributed by atoms with Crippen molar-refractivity contribution in [2.75, 3.05) is 25.2 Å². The van der Waals surface area contributed by atoms with Gasteiger partial charge in [-0.3, -0.25) is 47.9 Å². The van der Waals surface area contributed by atoms with Crippen LogP contribution in [0.1, 0.15) is 87.5 Å². The van der Waals surface area contributed by atoms with Crippen molar-refractivity contribution >= 4 is 77.1 Å². The summed E-state index contributed by atoms with van der Waals surface area (Å²) in [6, 6.07) is -11.3. The molecule has 0 aromatic heterocycles. The van der Waals surface area contributed by atoms with Gasteiger partial charge in [0.1, 0.15) is 48.6 Å². The number of aliphatic hydroxyl groups excluding tert-OH is 2. The third-order valence-electron chi connectivity index (χ3n) is 9.85. The third kappa shape index (κ3) is 22.9. The van der Waals surface area contributed by atoms with E-state index in [0.717, 1.165) is 0 Å². The number of hydrogen-bond acceptors (Lipinski definition) is 15. The van der Waals surface area contributed by atoms with Crippen LogP contribution in [-0.4, -0.2) is 161 Å². The van der Waals surface area contributed by atoms with Gasteiger partial charge in [-0.15, -0.1) is 0 Å². The number of carbonyl (C=O) groups is 11. The molecule has 15 N–H and O–H groups in total. The number of thioether (sulfide) groups is 1. The number of nitrogens with one attached hydrogen (secondary N) is 9. The van der Waals surface area contributed by atoms with Crippen LogP contribution >= 0.6 is 11.8 Å². The molecule has 0 rings (SSSR count). The first kappa shape index (κ1) is 59.6. The molecule has 0 bridgehead atoms. The van der Waals surface area contributed by atoms with E-state index in [0.29, 0.717) is 18.5 Å². The summed E-state index contributed by atoms with van der Waals surface area (Å²) in [4.78, 5) is 140. The molecule has 65 heavy (non-hydrogen) atoms. The fourth-order valence-corrected chi connectivity index (χ4v) is 6.10. The highest BCUT2D eigenvalue weighted by atomic mass is 32.2. The molecule has 0 saturated carbocycles. The van der Waals surface area contributed by atoms with Crippen molar-refractivity contribution < 1.29 is 63.0 Å². The topological polar surface area (TPSA) is 389 Å². The zero-order valence-electron chi connectivity index (χ0n) is 38.6. The summed E-state index contributed by atoms with van der Waals surface area (Å²) in [5.74, 6) is -8.47. The maximum absolute atomic E-state index is 13.7. The smallest absolute Gasteiger partial charge is 0.245 e. The van der Waals surface area contributed by atoms with Gasteiger partial charge in [-0.05, 0) is 70.8 Å². The zero-order valence-corrected chi connectivity index (χ0v) is 39.4. The van der Waals surface area contributed by atoms with E-state index in [2.05, 4.69) is 47.9 Å². The lowest BCUT2D eigenvalue weighted by atomic mass is 10.00. The number of nitrogens with two attached hydrogens (primary N) is 2. The van der Waals surface area contributed by atoms with Crippen molar-refractivity contribution in [1.29, 1.82) is 0 Å². The molecule has 11 atom stereocenters. The number of aldehydes is 1. The maximum Gasteiger partial charge on any atom is 0.245 e. The lowest BCUT2D eigenvalue weighted by molar-refractivity contribution is -0.136. The quantitative estimate of drug-likeness (QED) is 0.0290. The Morgan fingerprint density at radius 1 is 0.631 bits per heavy atom. The predicted octanol–water partition coefficient (Wildman–Crippen LogP) is -4.95. The molecule has 0 saturated heterocycles. The highest BCUT2D eigenvalue weighted by Gasteiger charge is 2.34. The van der Waals surface area contributed by atoms with E-state index < -0.39 is 133 Å². The van der Waals surface area contributed by atoms with Crippen molar-refractivity contribution in [2.24, 2.45) is 23.3 Å². The van der Waals surface area contributed by atoms with Gasteiger partial charge in [-0.1, -0.05) is 34.1 Å². The van der Waals surface area contributed by atoms with Gasteiger partial charge in [0.05, 0.1) is 31.3 Å². The lowest BCUT2D eigenvalue weighted by Crippen LogP contribution is -2.60. The van der Waals surface area contributed by atoms with Crippen LogP contribution in [0.25, 0.3) is 0 Å². The van der Waals surface area contributed by atoms with Gasteiger partial charge in [-0.25, -0.2) is 0 Å². The van der Waals surface area contributed by atoms with Crippen LogP contribution in [0.4, 0.5) is 0 Å². The third-order valence-corrected chi connectivity index (χ3v) is 10.5. The van der Waals surface area contributed by atoms with E-state index in [1.165, 1.54) is 39.5 Å². The van der Waals surface area contributed by atoms with Gasteiger partial charge in [-0.2, -0.15) is 11.8 Å². The molecule has 370 valence electrons. The van der Waals surface area contributed by atoms with Crippen LogP contribution in [0, 0.1) is 11.8 Å². The fraction of sp³-hybridized carbons (Fsp3) is 0.725. The Morgan fingerprint density at radius 2 is 1.14 bits per heavy atom. The van der Waals surface area contributed by atoms with Crippen molar-refractivity contribution in [3.8, 4) is 0 Å².